The lowest BCUT2D eigenvalue weighted by atomic mass is 10.1. The maximum atomic E-state index is 12.5. The summed E-state index contributed by atoms with van der Waals surface area (Å²) in [6.07, 6.45) is 7.21. The number of fused-ring (bicyclic) bond motifs is 1. The van der Waals surface area contributed by atoms with Gasteiger partial charge in [0.2, 0.25) is 5.91 Å². The van der Waals surface area contributed by atoms with Crippen molar-refractivity contribution in [2.24, 2.45) is 13.0 Å². The van der Waals surface area contributed by atoms with Gasteiger partial charge >= 0.3 is 0 Å². The van der Waals surface area contributed by atoms with Crippen molar-refractivity contribution in [1.29, 1.82) is 0 Å². The molecule has 4 rings (SSSR count). The molecule has 1 unspecified atom stereocenters. The number of nitrogens with one attached hydrogen (secondary N) is 1. The van der Waals surface area contributed by atoms with Crippen LogP contribution in [0.2, 0.25) is 0 Å². The predicted octanol–water partition coefficient (Wildman–Crippen LogP) is 1.46. The number of hydrogen-bond donors (Lipinski definition) is 1. The molecule has 24 heavy (non-hydrogen) atoms. The molecule has 1 fully saturated rings. The van der Waals surface area contributed by atoms with Crippen molar-refractivity contribution in [3.05, 3.63) is 46.3 Å². The third kappa shape index (κ3) is 2.73. The normalized spacial score (nSPS) is 15.5. The van der Waals surface area contributed by atoms with Crippen LogP contribution < -0.4 is 10.9 Å². The number of carbonyl (C=O) groups is 1. The van der Waals surface area contributed by atoms with Crippen molar-refractivity contribution in [3.63, 3.8) is 0 Å². The van der Waals surface area contributed by atoms with Gasteiger partial charge in [0.05, 0.1) is 17.9 Å². The van der Waals surface area contributed by atoms with Gasteiger partial charge in [0.1, 0.15) is 17.1 Å². The van der Waals surface area contributed by atoms with Gasteiger partial charge in [0, 0.05) is 19.4 Å². The number of nitrogens with zero attached hydrogens (tertiary/aromatic N) is 4. The van der Waals surface area contributed by atoms with Crippen LogP contribution in [0, 0.1) is 5.92 Å². The average Bonchev–Trinajstić information content (AvgIpc) is 3.13. The highest BCUT2D eigenvalue weighted by Crippen LogP contribution is 2.40. The lowest BCUT2D eigenvalue weighted by molar-refractivity contribution is -0.122. The summed E-state index contributed by atoms with van der Waals surface area (Å²) >= 11 is 1.34. The van der Waals surface area contributed by atoms with E-state index in [1.54, 1.807) is 12.3 Å². The Morgan fingerprint density at radius 3 is 3.00 bits per heavy atom. The van der Waals surface area contributed by atoms with Gasteiger partial charge in [-0.1, -0.05) is 0 Å². The number of imidazole rings is 1. The Labute approximate surface area is 142 Å². The molecule has 1 N–H and O–H groups in total. The van der Waals surface area contributed by atoms with Crippen LogP contribution in [0.15, 0.2) is 35.0 Å². The maximum absolute atomic E-state index is 12.5. The zero-order chi connectivity index (χ0) is 16.7. The van der Waals surface area contributed by atoms with Crippen LogP contribution >= 0.6 is 11.3 Å². The van der Waals surface area contributed by atoms with E-state index in [0.717, 1.165) is 18.7 Å². The van der Waals surface area contributed by atoms with Crippen molar-refractivity contribution in [2.45, 2.75) is 25.4 Å². The number of thiophene rings is 1. The Balaban J connectivity index is 1.54. The van der Waals surface area contributed by atoms with Crippen molar-refractivity contribution >= 4 is 27.5 Å². The lowest BCUT2D eigenvalue weighted by Crippen LogP contribution is -2.36. The van der Waals surface area contributed by atoms with Gasteiger partial charge in [0.25, 0.3) is 5.56 Å². The number of carbonyl (C=O) groups excluding carboxylic acids is 1. The van der Waals surface area contributed by atoms with Gasteiger partial charge in [-0.15, -0.1) is 11.3 Å². The molecule has 1 aliphatic rings. The Morgan fingerprint density at radius 2 is 2.29 bits per heavy atom. The number of rotatable bonds is 5. The van der Waals surface area contributed by atoms with E-state index in [-0.39, 0.29) is 24.1 Å². The Morgan fingerprint density at radius 1 is 1.46 bits per heavy atom. The Kier molecular flexibility index (Phi) is 3.68. The van der Waals surface area contributed by atoms with Gasteiger partial charge < -0.3 is 9.88 Å². The summed E-state index contributed by atoms with van der Waals surface area (Å²) in [5.74, 6) is 1.07. The molecule has 0 bridgehead atoms. The monoisotopic (exact) mass is 343 g/mol. The van der Waals surface area contributed by atoms with Crippen molar-refractivity contribution in [3.8, 4) is 0 Å². The third-order valence-electron chi connectivity index (χ3n) is 4.30. The highest BCUT2D eigenvalue weighted by molar-refractivity contribution is 7.17. The average molecular weight is 343 g/mol. The van der Waals surface area contributed by atoms with Crippen molar-refractivity contribution in [1.82, 2.24) is 24.4 Å². The largest absolute Gasteiger partial charge is 0.344 e. The van der Waals surface area contributed by atoms with E-state index in [4.69, 9.17) is 0 Å². The molecule has 0 spiro atoms. The molecule has 0 saturated heterocycles. The third-order valence-corrected chi connectivity index (χ3v) is 5.19. The number of amides is 1. The van der Waals surface area contributed by atoms with E-state index < -0.39 is 0 Å². The molecular weight excluding hydrogens is 326 g/mol. The summed E-state index contributed by atoms with van der Waals surface area (Å²) in [4.78, 5) is 33.4. The van der Waals surface area contributed by atoms with E-state index >= 15 is 0 Å². The highest BCUT2D eigenvalue weighted by Gasteiger charge is 2.35. The van der Waals surface area contributed by atoms with Crippen molar-refractivity contribution < 1.29 is 4.79 Å². The van der Waals surface area contributed by atoms with Crippen LogP contribution in [0.1, 0.15) is 24.7 Å². The Hall–Kier alpha value is -2.48. The van der Waals surface area contributed by atoms with E-state index in [1.165, 1.54) is 22.2 Å². The fraction of sp³-hybridized carbons (Fsp3) is 0.375. The lowest BCUT2D eigenvalue weighted by Gasteiger charge is -2.18. The summed E-state index contributed by atoms with van der Waals surface area (Å²) in [5, 5.41) is 4.86. The van der Waals surface area contributed by atoms with E-state index in [1.807, 2.05) is 23.2 Å². The van der Waals surface area contributed by atoms with E-state index in [2.05, 4.69) is 15.3 Å². The molecule has 7 nitrogen and oxygen atoms in total. The molecule has 3 aromatic heterocycles. The number of hydrogen-bond acceptors (Lipinski definition) is 5. The van der Waals surface area contributed by atoms with Gasteiger partial charge in [-0.25, -0.2) is 9.97 Å². The van der Waals surface area contributed by atoms with Crippen LogP contribution in [0.3, 0.4) is 0 Å². The summed E-state index contributed by atoms with van der Waals surface area (Å²) < 4.78 is 3.86. The quantitative estimate of drug-likeness (QED) is 0.760. The molecule has 3 aromatic rings. The summed E-state index contributed by atoms with van der Waals surface area (Å²) in [6, 6.07) is 1.70. The van der Waals surface area contributed by atoms with Gasteiger partial charge in [-0.2, -0.15) is 0 Å². The minimum Gasteiger partial charge on any atom is -0.344 e. The minimum atomic E-state index is -0.199. The molecular formula is C16H17N5O2S. The van der Waals surface area contributed by atoms with Crippen LogP contribution in [-0.4, -0.2) is 25.0 Å². The zero-order valence-corrected chi connectivity index (χ0v) is 14.0. The van der Waals surface area contributed by atoms with E-state index in [0.29, 0.717) is 16.1 Å². The molecule has 1 aliphatic carbocycles. The van der Waals surface area contributed by atoms with Gasteiger partial charge in [-0.3, -0.25) is 14.2 Å². The Bertz CT molecular complexity index is 953. The first-order chi connectivity index (χ1) is 11.6. The van der Waals surface area contributed by atoms with Crippen LogP contribution in [-0.2, 0) is 18.4 Å². The molecule has 0 aromatic carbocycles. The molecule has 0 aliphatic heterocycles. The second kappa shape index (κ2) is 5.86. The standard InChI is InChI=1S/C16H17N5O2S/c1-20-6-5-17-15(20)13(10-2-3-10)19-12(22)8-21-9-18-11-4-7-24-14(11)16(21)23/h4-7,9-10,13H,2-3,8H2,1H3,(H,19,22). The SMILES string of the molecule is Cn1ccnc1C(NC(=O)Cn1cnc2ccsc2c1=O)C1CC1. The minimum absolute atomic E-state index is 0.0344. The molecule has 0 radical (unpaired) electrons. The second-order valence-electron chi connectivity index (χ2n) is 6.09. The molecule has 3 heterocycles. The first-order valence-electron chi connectivity index (χ1n) is 7.82. The number of aryl methyl sites for hydroxylation is 1. The molecule has 1 atom stereocenters. The van der Waals surface area contributed by atoms with Crippen LogP contribution in [0.4, 0.5) is 0 Å². The molecule has 1 saturated carbocycles. The van der Waals surface area contributed by atoms with Gasteiger partial charge in [0.15, 0.2) is 0 Å². The summed E-state index contributed by atoms with van der Waals surface area (Å²) in [5.41, 5.74) is 0.496. The molecule has 124 valence electrons. The molecule has 1 amide bonds. The topological polar surface area (TPSA) is 81.8 Å². The summed E-state index contributed by atoms with van der Waals surface area (Å²) in [6.45, 7) is -0.0344. The van der Waals surface area contributed by atoms with Gasteiger partial charge in [-0.05, 0) is 30.2 Å². The predicted molar refractivity (Wildman–Crippen MR) is 90.7 cm³/mol. The van der Waals surface area contributed by atoms with E-state index in [9.17, 15) is 9.59 Å². The summed E-state index contributed by atoms with van der Waals surface area (Å²) in [7, 11) is 1.92. The van der Waals surface area contributed by atoms with Crippen LogP contribution in [0.25, 0.3) is 10.2 Å². The smallest absolute Gasteiger partial charge is 0.271 e. The first kappa shape index (κ1) is 15.1. The fourth-order valence-electron chi connectivity index (χ4n) is 2.86. The molecule has 8 heteroatoms. The maximum Gasteiger partial charge on any atom is 0.271 e. The fourth-order valence-corrected chi connectivity index (χ4v) is 3.66. The van der Waals surface area contributed by atoms with Crippen molar-refractivity contribution in [2.75, 3.05) is 0 Å². The zero-order valence-electron chi connectivity index (χ0n) is 13.2. The second-order valence-corrected chi connectivity index (χ2v) is 7.01. The number of aromatic nitrogens is 4. The first-order valence-corrected chi connectivity index (χ1v) is 8.70. The highest BCUT2D eigenvalue weighted by atomic mass is 32.1. The van der Waals surface area contributed by atoms with Crippen LogP contribution in [0.5, 0.6) is 0 Å².